The molecular weight excluding hydrogens is 528 g/mol. The minimum atomic E-state index is -1.19. The standard InChI is InChI=1S/C29H38N6O4S/c1-4-40-16-15-31-27(37)25(22-13-9-6-10-14-22)35-17-24(32-20-35)34-26(36)23(33-28(38)29(2,3)30)19-39-18-21-11-7-5-8-12-21/h5-14,17,20,23,25H,4,15-16,18-19,30H2,1-3H3,(H,31,37)(H,33,38)(H,34,36). The molecule has 3 rings (SSSR count). The van der Waals surface area contributed by atoms with Crippen LogP contribution in [-0.2, 0) is 25.7 Å². The Bertz CT molecular complexity index is 1230. The minimum absolute atomic E-state index is 0.0753. The average molecular weight is 567 g/mol. The highest BCUT2D eigenvalue weighted by molar-refractivity contribution is 7.99. The van der Waals surface area contributed by atoms with Crippen LogP contribution < -0.4 is 21.7 Å². The SMILES string of the molecule is CCSCCNC(=O)C(c1ccccc1)n1cnc(NC(=O)C(COCc2ccccc2)NC(=O)C(C)(C)N)c1. The fourth-order valence-electron chi connectivity index (χ4n) is 3.73. The monoisotopic (exact) mass is 566 g/mol. The molecule has 10 nitrogen and oxygen atoms in total. The molecule has 1 heterocycles. The van der Waals surface area contributed by atoms with Gasteiger partial charge in [-0.05, 0) is 30.7 Å². The molecule has 214 valence electrons. The highest BCUT2D eigenvalue weighted by Crippen LogP contribution is 2.20. The second kappa shape index (κ2) is 15.2. The summed E-state index contributed by atoms with van der Waals surface area (Å²) in [5.41, 5.74) is 6.46. The maximum absolute atomic E-state index is 13.2. The number of hydrogen-bond acceptors (Lipinski definition) is 7. The predicted molar refractivity (Wildman–Crippen MR) is 158 cm³/mol. The van der Waals surface area contributed by atoms with Gasteiger partial charge in [0, 0.05) is 18.5 Å². The van der Waals surface area contributed by atoms with Crippen LogP contribution in [0.25, 0.3) is 0 Å². The molecule has 0 fully saturated rings. The molecule has 0 saturated carbocycles. The number of anilines is 1. The van der Waals surface area contributed by atoms with Gasteiger partial charge in [0.2, 0.25) is 11.8 Å². The lowest BCUT2D eigenvalue weighted by molar-refractivity contribution is -0.130. The van der Waals surface area contributed by atoms with E-state index in [0.29, 0.717) is 6.54 Å². The number of aromatic nitrogens is 2. The zero-order valence-corrected chi connectivity index (χ0v) is 23.9. The van der Waals surface area contributed by atoms with Crippen LogP contribution in [0, 0.1) is 0 Å². The van der Waals surface area contributed by atoms with Crippen LogP contribution in [0.15, 0.2) is 73.2 Å². The van der Waals surface area contributed by atoms with Crippen LogP contribution >= 0.6 is 11.8 Å². The quantitative estimate of drug-likeness (QED) is 0.207. The summed E-state index contributed by atoms with van der Waals surface area (Å²) in [5, 5.41) is 8.38. The third kappa shape index (κ3) is 9.51. The predicted octanol–water partition coefficient (Wildman–Crippen LogP) is 2.72. The summed E-state index contributed by atoms with van der Waals surface area (Å²) in [7, 11) is 0. The summed E-state index contributed by atoms with van der Waals surface area (Å²) < 4.78 is 7.39. The lowest BCUT2D eigenvalue weighted by Gasteiger charge is -2.23. The van der Waals surface area contributed by atoms with Gasteiger partial charge in [0.05, 0.1) is 25.1 Å². The van der Waals surface area contributed by atoms with Gasteiger partial charge in [0.15, 0.2) is 5.82 Å². The molecule has 0 bridgehead atoms. The highest BCUT2D eigenvalue weighted by atomic mass is 32.2. The van der Waals surface area contributed by atoms with Gasteiger partial charge in [0.25, 0.3) is 5.91 Å². The van der Waals surface area contributed by atoms with Gasteiger partial charge < -0.3 is 31.0 Å². The fraction of sp³-hybridized carbons (Fsp3) is 0.379. The summed E-state index contributed by atoms with van der Waals surface area (Å²) in [6.45, 7) is 5.92. The van der Waals surface area contributed by atoms with E-state index < -0.39 is 29.4 Å². The van der Waals surface area contributed by atoms with Gasteiger partial charge in [-0.1, -0.05) is 67.6 Å². The smallest absolute Gasteiger partial charge is 0.250 e. The topological polar surface area (TPSA) is 140 Å². The van der Waals surface area contributed by atoms with Crippen LogP contribution in [0.2, 0.25) is 0 Å². The molecule has 1 aromatic heterocycles. The van der Waals surface area contributed by atoms with Crippen molar-refractivity contribution in [2.75, 3.05) is 30.0 Å². The van der Waals surface area contributed by atoms with Gasteiger partial charge >= 0.3 is 0 Å². The van der Waals surface area contributed by atoms with Gasteiger partial charge in [-0.2, -0.15) is 11.8 Å². The van der Waals surface area contributed by atoms with Gasteiger partial charge in [0.1, 0.15) is 12.1 Å². The lowest BCUT2D eigenvalue weighted by atomic mass is 10.1. The van der Waals surface area contributed by atoms with Gasteiger partial charge in [-0.25, -0.2) is 4.98 Å². The van der Waals surface area contributed by atoms with E-state index in [-0.39, 0.29) is 24.9 Å². The van der Waals surface area contributed by atoms with Crippen molar-refractivity contribution in [1.82, 2.24) is 20.2 Å². The van der Waals surface area contributed by atoms with E-state index in [4.69, 9.17) is 10.5 Å². The summed E-state index contributed by atoms with van der Waals surface area (Å²) >= 11 is 1.75. The number of benzene rings is 2. The van der Waals surface area contributed by atoms with E-state index in [1.807, 2.05) is 60.7 Å². The molecule has 0 aliphatic heterocycles. The zero-order valence-electron chi connectivity index (χ0n) is 23.1. The van der Waals surface area contributed by atoms with E-state index in [9.17, 15) is 14.4 Å². The van der Waals surface area contributed by atoms with Crippen LogP contribution in [0.5, 0.6) is 0 Å². The van der Waals surface area contributed by atoms with Crippen LogP contribution in [0.3, 0.4) is 0 Å². The molecule has 11 heteroatoms. The maximum atomic E-state index is 13.2. The summed E-state index contributed by atoms with van der Waals surface area (Å²) in [4.78, 5) is 43.3. The van der Waals surface area contributed by atoms with E-state index in [1.165, 1.54) is 6.33 Å². The summed E-state index contributed by atoms with van der Waals surface area (Å²) in [6, 6.07) is 17.2. The van der Waals surface area contributed by atoms with Crippen molar-refractivity contribution < 1.29 is 19.1 Å². The molecule has 3 amide bonds. The number of amides is 3. The number of hydrogen-bond donors (Lipinski definition) is 4. The van der Waals surface area contributed by atoms with E-state index in [0.717, 1.165) is 22.6 Å². The Balaban J connectivity index is 1.73. The Labute approximate surface area is 239 Å². The molecule has 0 aliphatic rings. The van der Waals surface area contributed by atoms with Crippen molar-refractivity contribution in [3.63, 3.8) is 0 Å². The Morgan fingerprint density at radius 1 is 1.05 bits per heavy atom. The Morgan fingerprint density at radius 2 is 1.73 bits per heavy atom. The third-order valence-corrected chi connectivity index (χ3v) is 6.77. The van der Waals surface area contributed by atoms with Crippen LogP contribution in [0.1, 0.15) is 37.9 Å². The van der Waals surface area contributed by atoms with Crippen molar-refractivity contribution in [2.24, 2.45) is 5.73 Å². The Kier molecular flexibility index (Phi) is 11.7. The largest absolute Gasteiger partial charge is 0.374 e. The number of nitrogens with two attached hydrogens (primary N) is 1. The summed E-state index contributed by atoms with van der Waals surface area (Å²) in [6.07, 6.45) is 3.09. The molecular formula is C29H38N6O4S. The normalized spacial score (nSPS) is 12.8. The molecule has 2 unspecified atom stereocenters. The minimum Gasteiger partial charge on any atom is -0.374 e. The third-order valence-electron chi connectivity index (χ3n) is 5.87. The Morgan fingerprint density at radius 3 is 2.38 bits per heavy atom. The van der Waals surface area contributed by atoms with Crippen molar-refractivity contribution in [3.8, 4) is 0 Å². The number of nitrogens with zero attached hydrogens (tertiary/aromatic N) is 2. The number of carbonyl (C=O) groups excluding carboxylic acids is 3. The number of nitrogens with one attached hydrogen (secondary N) is 3. The molecule has 2 atom stereocenters. The van der Waals surface area contributed by atoms with Crippen LogP contribution in [0.4, 0.5) is 5.82 Å². The molecule has 3 aromatic rings. The first-order valence-corrected chi connectivity index (χ1v) is 14.3. The lowest BCUT2D eigenvalue weighted by Crippen LogP contribution is -2.56. The first-order chi connectivity index (χ1) is 19.2. The molecule has 5 N–H and O–H groups in total. The number of ether oxygens (including phenoxy) is 1. The molecule has 40 heavy (non-hydrogen) atoms. The molecule has 0 spiro atoms. The van der Waals surface area contributed by atoms with E-state index in [2.05, 4.69) is 27.9 Å². The van der Waals surface area contributed by atoms with Gasteiger partial charge in [-0.3, -0.25) is 14.4 Å². The molecule has 2 aromatic carbocycles. The average Bonchev–Trinajstić information content (AvgIpc) is 3.38. The summed E-state index contributed by atoms with van der Waals surface area (Å²) in [5.74, 6) is 0.826. The van der Waals surface area contributed by atoms with Crippen molar-refractivity contribution >= 4 is 35.3 Å². The van der Waals surface area contributed by atoms with E-state index >= 15 is 0 Å². The number of carbonyl (C=O) groups is 3. The molecule has 0 aliphatic carbocycles. The zero-order chi connectivity index (χ0) is 29.0. The maximum Gasteiger partial charge on any atom is 0.250 e. The number of imidazole rings is 1. The number of rotatable bonds is 15. The van der Waals surface area contributed by atoms with Crippen LogP contribution in [-0.4, -0.2) is 63.5 Å². The fourth-order valence-corrected chi connectivity index (χ4v) is 4.27. The van der Waals surface area contributed by atoms with Crippen molar-refractivity contribution in [3.05, 3.63) is 84.3 Å². The van der Waals surface area contributed by atoms with Crippen molar-refractivity contribution in [1.29, 1.82) is 0 Å². The first-order valence-electron chi connectivity index (χ1n) is 13.1. The van der Waals surface area contributed by atoms with Gasteiger partial charge in [-0.15, -0.1) is 0 Å². The van der Waals surface area contributed by atoms with Crippen molar-refractivity contribution in [2.45, 2.75) is 45.0 Å². The number of thioether (sulfide) groups is 1. The second-order valence-corrected chi connectivity index (χ2v) is 11.1. The molecule has 0 radical (unpaired) electrons. The highest BCUT2D eigenvalue weighted by Gasteiger charge is 2.29. The van der Waals surface area contributed by atoms with E-state index in [1.54, 1.807) is 36.4 Å². The Hall–Kier alpha value is -3.67. The second-order valence-electron chi connectivity index (χ2n) is 9.75. The molecule has 0 saturated heterocycles. The first kappa shape index (κ1) is 30.9.